The molecule has 5 rings (SSSR count). The van der Waals surface area contributed by atoms with Gasteiger partial charge in [-0.1, -0.05) is 36.4 Å². The van der Waals surface area contributed by atoms with Crippen LogP contribution in [0.3, 0.4) is 0 Å². The molecule has 1 N–H and O–H groups in total. The highest BCUT2D eigenvalue weighted by molar-refractivity contribution is 6.09. The van der Waals surface area contributed by atoms with Gasteiger partial charge in [-0.15, -0.1) is 0 Å². The molecule has 1 aromatic heterocycles. The van der Waals surface area contributed by atoms with Crippen LogP contribution in [-0.2, 0) is 0 Å². The Labute approximate surface area is 145 Å². The molecule has 0 bridgehead atoms. The van der Waals surface area contributed by atoms with Gasteiger partial charge in [0.15, 0.2) is 11.5 Å². The molecule has 25 heavy (non-hydrogen) atoms. The SMILES string of the molecule is c1ccc(Nc2c3ccccc3nc3cc4c(cc23)OCCO4)cc1. The predicted octanol–water partition coefficient (Wildman–Crippen LogP) is 4.90. The Kier molecular flexibility index (Phi) is 3.20. The summed E-state index contributed by atoms with van der Waals surface area (Å²) < 4.78 is 11.5. The van der Waals surface area contributed by atoms with Crippen molar-refractivity contribution in [2.75, 3.05) is 18.5 Å². The topological polar surface area (TPSA) is 43.4 Å². The lowest BCUT2D eigenvalue weighted by molar-refractivity contribution is 0.172. The van der Waals surface area contributed by atoms with E-state index in [0.717, 1.165) is 44.7 Å². The van der Waals surface area contributed by atoms with Crippen molar-refractivity contribution >= 4 is 33.2 Å². The number of nitrogens with zero attached hydrogens (tertiary/aromatic N) is 1. The summed E-state index contributed by atoms with van der Waals surface area (Å²) in [4.78, 5) is 4.81. The van der Waals surface area contributed by atoms with E-state index in [1.807, 2.05) is 48.5 Å². The van der Waals surface area contributed by atoms with Crippen molar-refractivity contribution in [3.63, 3.8) is 0 Å². The number of hydrogen-bond acceptors (Lipinski definition) is 4. The van der Waals surface area contributed by atoms with Gasteiger partial charge >= 0.3 is 0 Å². The fourth-order valence-corrected chi connectivity index (χ4v) is 3.23. The second kappa shape index (κ2) is 5.67. The van der Waals surface area contributed by atoms with Crippen LogP contribution in [0.2, 0.25) is 0 Å². The summed E-state index contributed by atoms with van der Waals surface area (Å²) in [7, 11) is 0. The van der Waals surface area contributed by atoms with Gasteiger partial charge in [0, 0.05) is 22.5 Å². The number of rotatable bonds is 2. The molecule has 0 atom stereocenters. The second-order valence-corrected chi connectivity index (χ2v) is 6.01. The van der Waals surface area contributed by atoms with Gasteiger partial charge in [0.05, 0.1) is 16.7 Å². The summed E-state index contributed by atoms with van der Waals surface area (Å²) in [6.45, 7) is 1.14. The summed E-state index contributed by atoms with van der Waals surface area (Å²) in [5.41, 5.74) is 3.91. The first-order chi connectivity index (χ1) is 12.4. The molecule has 0 unspecified atom stereocenters. The zero-order valence-electron chi connectivity index (χ0n) is 13.5. The molecule has 0 radical (unpaired) electrons. The van der Waals surface area contributed by atoms with E-state index < -0.39 is 0 Å². The summed E-state index contributed by atoms with van der Waals surface area (Å²) >= 11 is 0. The Bertz CT molecular complexity index is 1080. The van der Waals surface area contributed by atoms with Crippen LogP contribution < -0.4 is 14.8 Å². The summed E-state index contributed by atoms with van der Waals surface area (Å²) in [5.74, 6) is 1.53. The Hall–Kier alpha value is -3.27. The number of benzene rings is 3. The predicted molar refractivity (Wildman–Crippen MR) is 100.0 cm³/mol. The van der Waals surface area contributed by atoms with Crippen molar-refractivity contribution in [1.82, 2.24) is 4.98 Å². The molecule has 1 aliphatic heterocycles. The van der Waals surface area contributed by atoms with Gasteiger partial charge in [0.2, 0.25) is 0 Å². The van der Waals surface area contributed by atoms with Crippen LogP contribution in [0.4, 0.5) is 11.4 Å². The van der Waals surface area contributed by atoms with Gasteiger partial charge in [0.25, 0.3) is 0 Å². The molecule has 0 spiro atoms. The monoisotopic (exact) mass is 328 g/mol. The molecular formula is C21H16N2O2. The van der Waals surface area contributed by atoms with Crippen LogP contribution >= 0.6 is 0 Å². The third kappa shape index (κ3) is 2.43. The number of anilines is 2. The number of nitrogens with one attached hydrogen (secondary N) is 1. The molecule has 1 aliphatic rings. The van der Waals surface area contributed by atoms with Crippen LogP contribution in [0, 0.1) is 0 Å². The molecular weight excluding hydrogens is 312 g/mol. The normalized spacial score (nSPS) is 13.1. The summed E-state index contributed by atoms with van der Waals surface area (Å²) in [5, 5.41) is 5.66. The van der Waals surface area contributed by atoms with E-state index in [-0.39, 0.29) is 0 Å². The van der Waals surface area contributed by atoms with Crippen molar-refractivity contribution in [1.29, 1.82) is 0 Å². The van der Waals surface area contributed by atoms with E-state index in [1.54, 1.807) is 0 Å². The van der Waals surface area contributed by atoms with E-state index in [1.165, 1.54) is 0 Å². The van der Waals surface area contributed by atoms with Crippen molar-refractivity contribution in [3.05, 3.63) is 66.7 Å². The highest BCUT2D eigenvalue weighted by Gasteiger charge is 2.17. The molecule has 0 fully saturated rings. The fraction of sp³-hybridized carbons (Fsp3) is 0.0952. The average molecular weight is 328 g/mol. The lowest BCUT2D eigenvalue weighted by Gasteiger charge is -2.20. The Balaban J connectivity index is 1.80. The van der Waals surface area contributed by atoms with Gasteiger partial charge in [-0.05, 0) is 24.3 Å². The van der Waals surface area contributed by atoms with E-state index in [2.05, 4.69) is 23.5 Å². The number of pyridine rings is 1. The van der Waals surface area contributed by atoms with Gasteiger partial charge in [0.1, 0.15) is 13.2 Å². The maximum atomic E-state index is 5.77. The molecule has 3 aromatic carbocycles. The highest BCUT2D eigenvalue weighted by Crippen LogP contribution is 2.40. The van der Waals surface area contributed by atoms with Gasteiger partial charge in [-0.2, -0.15) is 0 Å². The maximum absolute atomic E-state index is 5.77. The quantitative estimate of drug-likeness (QED) is 0.531. The lowest BCUT2D eigenvalue weighted by atomic mass is 10.1. The minimum Gasteiger partial charge on any atom is -0.486 e. The fourth-order valence-electron chi connectivity index (χ4n) is 3.23. The van der Waals surface area contributed by atoms with E-state index in [9.17, 15) is 0 Å². The first kappa shape index (κ1) is 14.1. The van der Waals surface area contributed by atoms with Crippen molar-refractivity contribution in [2.24, 2.45) is 0 Å². The molecule has 0 amide bonds. The van der Waals surface area contributed by atoms with Gasteiger partial charge in [-0.3, -0.25) is 0 Å². The molecule has 2 heterocycles. The van der Waals surface area contributed by atoms with E-state index in [4.69, 9.17) is 14.5 Å². The molecule has 4 heteroatoms. The van der Waals surface area contributed by atoms with Crippen LogP contribution in [0.25, 0.3) is 21.8 Å². The number of para-hydroxylation sites is 2. The molecule has 0 saturated heterocycles. The number of aromatic nitrogens is 1. The Morgan fingerprint density at radius 3 is 2.28 bits per heavy atom. The number of hydrogen-bond donors (Lipinski definition) is 1. The molecule has 4 aromatic rings. The zero-order valence-corrected chi connectivity index (χ0v) is 13.5. The highest BCUT2D eigenvalue weighted by atomic mass is 16.6. The van der Waals surface area contributed by atoms with Crippen molar-refractivity contribution < 1.29 is 9.47 Å². The lowest BCUT2D eigenvalue weighted by Crippen LogP contribution is -2.15. The Morgan fingerprint density at radius 1 is 0.720 bits per heavy atom. The molecule has 0 aliphatic carbocycles. The first-order valence-electron chi connectivity index (χ1n) is 8.33. The van der Waals surface area contributed by atoms with Crippen molar-refractivity contribution in [3.8, 4) is 11.5 Å². The first-order valence-corrected chi connectivity index (χ1v) is 8.33. The van der Waals surface area contributed by atoms with Crippen LogP contribution in [0.15, 0.2) is 66.7 Å². The molecule has 4 nitrogen and oxygen atoms in total. The van der Waals surface area contributed by atoms with Crippen LogP contribution in [-0.4, -0.2) is 18.2 Å². The third-order valence-corrected chi connectivity index (χ3v) is 4.39. The Morgan fingerprint density at radius 2 is 1.44 bits per heavy atom. The zero-order chi connectivity index (χ0) is 16.6. The smallest absolute Gasteiger partial charge is 0.163 e. The average Bonchev–Trinajstić information content (AvgIpc) is 2.67. The van der Waals surface area contributed by atoms with Gasteiger partial charge < -0.3 is 14.8 Å². The minimum absolute atomic E-state index is 0.570. The summed E-state index contributed by atoms with van der Waals surface area (Å²) in [6, 6.07) is 22.3. The molecule has 122 valence electrons. The minimum atomic E-state index is 0.570. The van der Waals surface area contributed by atoms with Gasteiger partial charge in [-0.25, -0.2) is 4.98 Å². The van der Waals surface area contributed by atoms with E-state index >= 15 is 0 Å². The largest absolute Gasteiger partial charge is 0.486 e. The standard InChI is InChI=1S/C21H16N2O2/c1-2-6-14(7-3-1)22-21-15-8-4-5-9-17(15)23-18-13-20-19(12-16(18)21)24-10-11-25-20/h1-9,12-13H,10-11H2,(H,22,23). The number of ether oxygens (including phenoxy) is 2. The van der Waals surface area contributed by atoms with Crippen LogP contribution in [0.5, 0.6) is 11.5 Å². The van der Waals surface area contributed by atoms with E-state index in [0.29, 0.717) is 13.2 Å². The number of fused-ring (bicyclic) bond motifs is 3. The second-order valence-electron chi connectivity index (χ2n) is 6.01. The maximum Gasteiger partial charge on any atom is 0.163 e. The van der Waals surface area contributed by atoms with Crippen LogP contribution in [0.1, 0.15) is 0 Å². The third-order valence-electron chi connectivity index (χ3n) is 4.39. The molecule has 0 saturated carbocycles. The summed E-state index contributed by atoms with van der Waals surface area (Å²) in [6.07, 6.45) is 0. The van der Waals surface area contributed by atoms with Crippen molar-refractivity contribution in [2.45, 2.75) is 0 Å².